The van der Waals surface area contributed by atoms with Crippen molar-refractivity contribution in [2.45, 2.75) is 12.7 Å². The van der Waals surface area contributed by atoms with Crippen molar-refractivity contribution in [3.63, 3.8) is 0 Å². The number of alkyl halides is 3. The molecule has 2 heterocycles. The van der Waals surface area contributed by atoms with Gasteiger partial charge in [0.05, 0.1) is 10.4 Å². The van der Waals surface area contributed by atoms with Gasteiger partial charge in [0, 0.05) is 12.1 Å². The molecule has 12 heteroatoms. The third-order valence-corrected chi connectivity index (χ3v) is 4.33. The van der Waals surface area contributed by atoms with Crippen molar-refractivity contribution in [3.05, 3.63) is 57.6 Å². The lowest BCUT2D eigenvalue weighted by Crippen LogP contribution is -2.30. The standard InChI is InChI=1S/C16H8F5N3O3S/c17-10-7(6-22-14(26)12(25)9-2-1-5-28-9)3-4-8(11(10)18)13-23-15(27-24-13)16(19,20)21/h1-5H,6H2,(H,22,26). The molecule has 0 saturated carbocycles. The quantitative estimate of drug-likeness (QED) is 0.390. The summed E-state index contributed by atoms with van der Waals surface area (Å²) in [7, 11) is 0. The molecule has 146 valence electrons. The van der Waals surface area contributed by atoms with Crippen molar-refractivity contribution in [3.8, 4) is 11.4 Å². The summed E-state index contributed by atoms with van der Waals surface area (Å²) >= 11 is 1.04. The van der Waals surface area contributed by atoms with E-state index in [1.165, 1.54) is 6.07 Å². The molecular weight excluding hydrogens is 409 g/mol. The number of carbonyl (C=O) groups is 2. The zero-order valence-electron chi connectivity index (χ0n) is 13.5. The highest BCUT2D eigenvalue weighted by Crippen LogP contribution is 2.31. The monoisotopic (exact) mass is 417 g/mol. The molecule has 0 bridgehead atoms. The van der Waals surface area contributed by atoms with Crippen LogP contribution < -0.4 is 5.32 Å². The maximum absolute atomic E-state index is 14.2. The van der Waals surface area contributed by atoms with Crippen LogP contribution in [0.15, 0.2) is 34.2 Å². The van der Waals surface area contributed by atoms with Crippen LogP contribution in [0.25, 0.3) is 11.4 Å². The fourth-order valence-electron chi connectivity index (χ4n) is 2.12. The van der Waals surface area contributed by atoms with Crippen LogP contribution in [0, 0.1) is 11.6 Å². The van der Waals surface area contributed by atoms with Gasteiger partial charge in [0.25, 0.3) is 11.7 Å². The van der Waals surface area contributed by atoms with Crippen LogP contribution in [0.2, 0.25) is 0 Å². The number of nitrogens with zero attached hydrogens (tertiary/aromatic N) is 2. The molecule has 0 spiro atoms. The molecule has 6 nitrogen and oxygen atoms in total. The van der Waals surface area contributed by atoms with E-state index in [0.29, 0.717) is 0 Å². The van der Waals surface area contributed by atoms with Crippen LogP contribution in [0.3, 0.4) is 0 Å². The van der Waals surface area contributed by atoms with Gasteiger partial charge in [0.15, 0.2) is 11.6 Å². The molecule has 0 unspecified atom stereocenters. The van der Waals surface area contributed by atoms with E-state index in [4.69, 9.17) is 0 Å². The van der Waals surface area contributed by atoms with Gasteiger partial charge in [-0.1, -0.05) is 17.3 Å². The molecule has 0 aliphatic rings. The smallest absolute Gasteiger partial charge is 0.345 e. The van der Waals surface area contributed by atoms with E-state index in [-0.39, 0.29) is 10.4 Å². The molecular formula is C16H8F5N3O3S. The van der Waals surface area contributed by atoms with Crippen molar-refractivity contribution in [2.75, 3.05) is 0 Å². The number of carbonyl (C=O) groups excluding carboxylic acids is 2. The lowest BCUT2D eigenvalue weighted by molar-refractivity contribution is -0.159. The third-order valence-electron chi connectivity index (χ3n) is 3.46. The van der Waals surface area contributed by atoms with Crippen LogP contribution in [-0.2, 0) is 17.5 Å². The SMILES string of the molecule is O=C(NCc1ccc(-c2noc(C(F)(F)F)n2)c(F)c1F)C(=O)c1cccs1. The van der Waals surface area contributed by atoms with Crippen LogP contribution in [0.5, 0.6) is 0 Å². The summed E-state index contributed by atoms with van der Waals surface area (Å²) < 4.78 is 69.8. The third kappa shape index (κ3) is 3.91. The predicted octanol–water partition coefficient (Wildman–Crippen LogP) is 3.59. The zero-order chi connectivity index (χ0) is 20.5. The van der Waals surface area contributed by atoms with E-state index in [9.17, 15) is 31.5 Å². The first kappa shape index (κ1) is 19.6. The Kier molecular flexibility index (Phi) is 5.23. The van der Waals surface area contributed by atoms with Crippen molar-refractivity contribution < 1.29 is 36.1 Å². The van der Waals surface area contributed by atoms with E-state index in [0.717, 1.165) is 23.5 Å². The Morgan fingerprint density at radius 2 is 1.89 bits per heavy atom. The van der Waals surface area contributed by atoms with E-state index in [1.54, 1.807) is 11.4 Å². The maximum atomic E-state index is 14.2. The summed E-state index contributed by atoms with van der Waals surface area (Å²) in [5.74, 6) is -7.29. The molecule has 2 aromatic heterocycles. The predicted molar refractivity (Wildman–Crippen MR) is 85.1 cm³/mol. The van der Waals surface area contributed by atoms with Gasteiger partial charge in [-0.15, -0.1) is 11.3 Å². The molecule has 3 rings (SSSR count). The number of ketones is 1. The Labute approximate surface area is 157 Å². The number of thiophene rings is 1. The second kappa shape index (κ2) is 7.46. The lowest BCUT2D eigenvalue weighted by Gasteiger charge is -2.07. The minimum absolute atomic E-state index is 0.178. The number of Topliss-reactive ketones (excluding diaryl/α,β-unsaturated/α-hetero) is 1. The molecule has 0 aliphatic carbocycles. The highest BCUT2D eigenvalue weighted by molar-refractivity contribution is 7.13. The molecule has 0 aliphatic heterocycles. The summed E-state index contributed by atoms with van der Waals surface area (Å²) in [5.41, 5.74) is -0.977. The van der Waals surface area contributed by atoms with Crippen LogP contribution >= 0.6 is 11.3 Å². The number of hydrogen-bond acceptors (Lipinski definition) is 6. The number of aromatic nitrogens is 2. The van der Waals surface area contributed by atoms with E-state index in [2.05, 4.69) is 20.0 Å². The van der Waals surface area contributed by atoms with Gasteiger partial charge >= 0.3 is 12.1 Å². The first-order valence-electron chi connectivity index (χ1n) is 7.42. The van der Waals surface area contributed by atoms with Gasteiger partial charge in [-0.3, -0.25) is 9.59 Å². The Morgan fingerprint density at radius 1 is 1.14 bits per heavy atom. The number of rotatable bonds is 5. The largest absolute Gasteiger partial charge is 0.471 e. The molecule has 3 aromatic rings. The molecule has 28 heavy (non-hydrogen) atoms. The topological polar surface area (TPSA) is 85.1 Å². The summed E-state index contributed by atoms with van der Waals surface area (Å²) in [6.07, 6.45) is -4.93. The second-order valence-corrected chi connectivity index (χ2v) is 6.26. The van der Waals surface area contributed by atoms with E-state index >= 15 is 0 Å². The van der Waals surface area contributed by atoms with Crippen molar-refractivity contribution >= 4 is 23.0 Å². The lowest BCUT2D eigenvalue weighted by atomic mass is 10.1. The molecule has 1 aromatic carbocycles. The second-order valence-electron chi connectivity index (χ2n) is 5.31. The number of hydrogen-bond donors (Lipinski definition) is 1. The summed E-state index contributed by atoms with van der Waals surface area (Å²) in [5, 5.41) is 6.73. The van der Waals surface area contributed by atoms with Gasteiger partial charge < -0.3 is 9.84 Å². The Hall–Kier alpha value is -3.15. The first-order chi connectivity index (χ1) is 13.2. The average Bonchev–Trinajstić information content (AvgIpc) is 3.33. The van der Waals surface area contributed by atoms with Crippen LogP contribution in [-0.4, -0.2) is 21.8 Å². The average molecular weight is 417 g/mol. The fraction of sp³-hybridized carbons (Fsp3) is 0.125. The molecule has 0 atom stereocenters. The zero-order valence-corrected chi connectivity index (χ0v) is 14.3. The van der Waals surface area contributed by atoms with Crippen molar-refractivity contribution in [1.29, 1.82) is 0 Å². The van der Waals surface area contributed by atoms with E-state index < -0.39 is 53.3 Å². The summed E-state index contributed by atoms with van der Waals surface area (Å²) in [4.78, 5) is 26.8. The number of amides is 1. The number of halogens is 5. The fourth-order valence-corrected chi connectivity index (χ4v) is 2.78. The molecule has 0 radical (unpaired) electrons. The highest BCUT2D eigenvalue weighted by Gasteiger charge is 2.39. The van der Waals surface area contributed by atoms with E-state index in [1.807, 2.05) is 0 Å². The number of nitrogens with one attached hydrogen (secondary N) is 1. The van der Waals surface area contributed by atoms with Crippen LogP contribution in [0.1, 0.15) is 21.1 Å². The normalized spacial score (nSPS) is 11.5. The highest BCUT2D eigenvalue weighted by atomic mass is 32.1. The maximum Gasteiger partial charge on any atom is 0.471 e. The Bertz CT molecular complexity index is 1030. The van der Waals surface area contributed by atoms with Gasteiger partial charge in [-0.25, -0.2) is 8.78 Å². The minimum Gasteiger partial charge on any atom is -0.345 e. The van der Waals surface area contributed by atoms with Crippen LogP contribution in [0.4, 0.5) is 22.0 Å². The summed E-state index contributed by atoms with van der Waals surface area (Å²) in [6, 6.07) is 4.96. The van der Waals surface area contributed by atoms with Gasteiger partial charge in [-0.05, 0) is 17.5 Å². The van der Waals surface area contributed by atoms with Crippen molar-refractivity contribution in [2.24, 2.45) is 0 Å². The van der Waals surface area contributed by atoms with Crippen molar-refractivity contribution in [1.82, 2.24) is 15.5 Å². The van der Waals surface area contributed by atoms with Gasteiger partial charge in [-0.2, -0.15) is 18.2 Å². The Balaban J connectivity index is 1.76. The molecule has 0 fully saturated rings. The molecule has 1 N–H and O–H groups in total. The van der Waals surface area contributed by atoms with Gasteiger partial charge in [0.1, 0.15) is 0 Å². The number of benzene rings is 1. The molecule has 1 amide bonds. The minimum atomic E-state index is -4.93. The first-order valence-corrected chi connectivity index (χ1v) is 8.30. The van der Waals surface area contributed by atoms with Gasteiger partial charge in [0.2, 0.25) is 5.82 Å². The summed E-state index contributed by atoms with van der Waals surface area (Å²) in [6.45, 7) is -0.515. The molecule has 0 saturated heterocycles. The Morgan fingerprint density at radius 3 is 2.50 bits per heavy atom.